The van der Waals surface area contributed by atoms with E-state index in [1.807, 2.05) is 0 Å². The highest BCUT2D eigenvalue weighted by atomic mass is 14.8. The van der Waals surface area contributed by atoms with Gasteiger partial charge in [0.1, 0.15) is 0 Å². The summed E-state index contributed by atoms with van der Waals surface area (Å²) in [6, 6.07) is 0. The highest BCUT2D eigenvalue weighted by Gasteiger charge is 2.72. The van der Waals surface area contributed by atoms with Crippen LogP contribution in [0.15, 0.2) is 12.7 Å². The molecule has 3 atom stereocenters. The fourth-order valence-corrected chi connectivity index (χ4v) is 2.57. The minimum absolute atomic E-state index is 0.766. The lowest BCUT2D eigenvalue weighted by Gasteiger charge is -1.82. The van der Waals surface area contributed by atoms with Gasteiger partial charge in [-0.2, -0.15) is 0 Å². The molecular formula is C9H14. The average Bonchev–Trinajstić information content (AvgIpc) is 2.68. The molecular weight excluding hydrogens is 108 g/mol. The maximum absolute atomic E-state index is 3.83. The van der Waals surface area contributed by atoms with Gasteiger partial charge in [0.25, 0.3) is 0 Å². The molecule has 0 radical (unpaired) electrons. The van der Waals surface area contributed by atoms with Crippen LogP contribution in [0.4, 0.5) is 0 Å². The van der Waals surface area contributed by atoms with Crippen molar-refractivity contribution < 1.29 is 0 Å². The van der Waals surface area contributed by atoms with Crippen LogP contribution in [0, 0.1) is 23.2 Å². The highest BCUT2D eigenvalue weighted by molar-refractivity contribution is 5.25. The van der Waals surface area contributed by atoms with E-state index in [2.05, 4.69) is 26.5 Å². The topological polar surface area (TPSA) is 0 Å². The molecule has 0 amide bonds. The lowest BCUT2D eigenvalue weighted by molar-refractivity contribution is 0.707. The van der Waals surface area contributed by atoms with E-state index in [-0.39, 0.29) is 0 Å². The number of hydrogen-bond donors (Lipinski definition) is 0. The Morgan fingerprint density at radius 3 is 2.11 bits per heavy atom. The largest absolute Gasteiger partial charge is 0.103 e. The second-order valence-electron chi connectivity index (χ2n) is 3.74. The fraction of sp³-hybridized carbons (Fsp3) is 0.778. The van der Waals surface area contributed by atoms with E-state index < -0.39 is 0 Å². The Labute approximate surface area is 57.0 Å². The normalized spacial score (nSPS) is 61.8. The Morgan fingerprint density at radius 2 is 2.00 bits per heavy atom. The first-order valence-electron chi connectivity index (χ1n) is 3.86. The molecule has 0 N–H and O–H groups in total. The Kier molecular flexibility index (Phi) is 0.769. The average molecular weight is 122 g/mol. The molecule has 0 nitrogen and oxygen atoms in total. The van der Waals surface area contributed by atoms with Crippen molar-refractivity contribution in [1.82, 2.24) is 0 Å². The zero-order valence-corrected chi connectivity index (χ0v) is 6.22. The quantitative estimate of drug-likeness (QED) is 0.469. The van der Waals surface area contributed by atoms with Crippen LogP contribution in [0.3, 0.4) is 0 Å². The van der Waals surface area contributed by atoms with Gasteiger partial charge in [-0.1, -0.05) is 19.9 Å². The second kappa shape index (κ2) is 1.25. The Morgan fingerprint density at radius 1 is 1.44 bits per heavy atom. The maximum Gasteiger partial charge on any atom is -0.0168 e. The van der Waals surface area contributed by atoms with E-state index in [9.17, 15) is 0 Å². The molecule has 2 fully saturated rings. The van der Waals surface area contributed by atoms with Gasteiger partial charge in [-0.25, -0.2) is 0 Å². The first kappa shape index (κ1) is 5.52. The number of rotatable bonds is 1. The van der Waals surface area contributed by atoms with Gasteiger partial charge in [0.05, 0.1) is 0 Å². The van der Waals surface area contributed by atoms with Crippen LogP contribution in [0.5, 0.6) is 0 Å². The van der Waals surface area contributed by atoms with E-state index in [0.717, 1.165) is 23.2 Å². The smallest absolute Gasteiger partial charge is 0.0168 e. The minimum atomic E-state index is 0.766. The predicted molar refractivity (Wildman–Crippen MR) is 39.1 cm³/mol. The predicted octanol–water partition coefficient (Wildman–Crippen LogP) is 2.46. The summed E-state index contributed by atoms with van der Waals surface area (Å²) < 4.78 is 0. The lowest BCUT2D eigenvalue weighted by Crippen LogP contribution is -1.77. The van der Waals surface area contributed by atoms with Gasteiger partial charge in [0, 0.05) is 0 Å². The van der Waals surface area contributed by atoms with Crippen molar-refractivity contribution in [2.45, 2.75) is 20.3 Å². The third kappa shape index (κ3) is 0.417. The Hall–Kier alpha value is -0.260. The molecule has 0 aliphatic heterocycles. The molecule has 50 valence electrons. The van der Waals surface area contributed by atoms with Crippen molar-refractivity contribution in [3.8, 4) is 0 Å². The second-order valence-corrected chi connectivity index (χ2v) is 3.74. The first-order valence-corrected chi connectivity index (χ1v) is 3.86. The summed E-state index contributed by atoms with van der Waals surface area (Å²) in [6.07, 6.45) is 3.57. The van der Waals surface area contributed by atoms with Gasteiger partial charge in [0.2, 0.25) is 0 Å². The summed E-state index contributed by atoms with van der Waals surface area (Å²) >= 11 is 0. The van der Waals surface area contributed by atoms with Gasteiger partial charge in [-0.3, -0.25) is 0 Å². The van der Waals surface area contributed by atoms with E-state index in [0.29, 0.717) is 0 Å². The third-order valence-corrected chi connectivity index (χ3v) is 3.72. The van der Waals surface area contributed by atoms with Crippen LogP contribution >= 0.6 is 0 Å². The van der Waals surface area contributed by atoms with Crippen LogP contribution in [0.25, 0.3) is 0 Å². The van der Waals surface area contributed by atoms with Gasteiger partial charge < -0.3 is 0 Å². The van der Waals surface area contributed by atoms with E-state index in [4.69, 9.17) is 0 Å². The molecule has 0 aromatic heterocycles. The third-order valence-electron chi connectivity index (χ3n) is 3.72. The molecule has 0 aromatic carbocycles. The number of allylic oxidation sites excluding steroid dienone is 1. The van der Waals surface area contributed by atoms with Crippen molar-refractivity contribution in [3.63, 3.8) is 0 Å². The zero-order valence-electron chi connectivity index (χ0n) is 6.22. The van der Waals surface area contributed by atoms with E-state index in [1.54, 1.807) is 0 Å². The molecule has 2 aliphatic rings. The highest BCUT2D eigenvalue weighted by Crippen LogP contribution is 2.78. The molecule has 0 heterocycles. The monoisotopic (exact) mass is 122 g/mol. The summed E-state index contributed by atoms with van der Waals surface area (Å²) in [5.74, 6) is 2.85. The van der Waals surface area contributed by atoms with Crippen molar-refractivity contribution in [1.29, 1.82) is 0 Å². The standard InChI is InChI=1S/C9H14/c1-4-8-5-9(8)6(2)7(9)3/h4,6-8H,1,5H2,2-3H3. The van der Waals surface area contributed by atoms with Crippen LogP contribution < -0.4 is 0 Å². The summed E-state index contributed by atoms with van der Waals surface area (Å²) in [5, 5.41) is 0. The molecule has 0 heteroatoms. The minimum Gasteiger partial charge on any atom is -0.103 e. The SMILES string of the molecule is C=CC1CC12C(C)C2C. The molecule has 1 spiro atoms. The van der Waals surface area contributed by atoms with Crippen molar-refractivity contribution >= 4 is 0 Å². The van der Waals surface area contributed by atoms with E-state index >= 15 is 0 Å². The molecule has 0 bridgehead atoms. The van der Waals surface area contributed by atoms with Crippen molar-refractivity contribution in [3.05, 3.63) is 12.7 Å². The van der Waals surface area contributed by atoms with Crippen LogP contribution in [0.1, 0.15) is 20.3 Å². The molecule has 2 aliphatic carbocycles. The van der Waals surface area contributed by atoms with Crippen molar-refractivity contribution in [2.75, 3.05) is 0 Å². The molecule has 9 heavy (non-hydrogen) atoms. The van der Waals surface area contributed by atoms with Crippen LogP contribution in [-0.4, -0.2) is 0 Å². The van der Waals surface area contributed by atoms with E-state index in [1.165, 1.54) is 6.42 Å². The van der Waals surface area contributed by atoms with Crippen LogP contribution in [0.2, 0.25) is 0 Å². The molecule has 2 saturated carbocycles. The molecule has 3 unspecified atom stereocenters. The molecule has 2 rings (SSSR count). The molecule has 0 saturated heterocycles. The zero-order chi connectivity index (χ0) is 6.65. The van der Waals surface area contributed by atoms with Gasteiger partial charge >= 0.3 is 0 Å². The fourth-order valence-electron chi connectivity index (χ4n) is 2.57. The Bertz CT molecular complexity index is 149. The van der Waals surface area contributed by atoms with Gasteiger partial charge in [-0.05, 0) is 29.6 Å². The first-order chi connectivity index (χ1) is 4.23. The van der Waals surface area contributed by atoms with Gasteiger partial charge in [-0.15, -0.1) is 6.58 Å². The van der Waals surface area contributed by atoms with Crippen LogP contribution in [-0.2, 0) is 0 Å². The molecule has 0 aromatic rings. The summed E-state index contributed by atoms with van der Waals surface area (Å²) in [5.41, 5.74) is 0.766. The van der Waals surface area contributed by atoms with Crippen molar-refractivity contribution in [2.24, 2.45) is 23.2 Å². The van der Waals surface area contributed by atoms with Gasteiger partial charge in [0.15, 0.2) is 0 Å². The summed E-state index contributed by atoms with van der Waals surface area (Å²) in [7, 11) is 0. The summed E-state index contributed by atoms with van der Waals surface area (Å²) in [4.78, 5) is 0. The Balaban J connectivity index is 2.10. The summed E-state index contributed by atoms with van der Waals surface area (Å²) in [6.45, 7) is 8.57. The lowest BCUT2D eigenvalue weighted by atomic mass is 10.2. The maximum atomic E-state index is 3.83. The number of hydrogen-bond acceptors (Lipinski definition) is 0.